The lowest BCUT2D eigenvalue weighted by atomic mass is 9.98. The van der Waals surface area contributed by atoms with Crippen molar-refractivity contribution in [3.63, 3.8) is 0 Å². The molecule has 0 bridgehead atoms. The van der Waals surface area contributed by atoms with Gasteiger partial charge in [-0.3, -0.25) is 9.89 Å². The van der Waals surface area contributed by atoms with E-state index < -0.39 is 0 Å². The number of nitrogens with zero attached hydrogens (tertiary/aromatic N) is 4. The van der Waals surface area contributed by atoms with E-state index in [1.807, 2.05) is 48.2 Å². The molecule has 1 atom stereocenters. The van der Waals surface area contributed by atoms with Gasteiger partial charge in [0.25, 0.3) is 5.91 Å². The number of likely N-dealkylation sites (tertiary alicyclic amines) is 1. The van der Waals surface area contributed by atoms with Gasteiger partial charge in [0.2, 0.25) is 0 Å². The molecular weight excluding hydrogens is 316 g/mol. The number of benzene rings is 1. The van der Waals surface area contributed by atoms with Gasteiger partial charge in [-0.25, -0.2) is 9.97 Å². The summed E-state index contributed by atoms with van der Waals surface area (Å²) in [6, 6.07) is 13.4. The van der Waals surface area contributed by atoms with E-state index in [9.17, 15) is 4.79 Å². The third-order valence-corrected chi connectivity index (χ3v) is 4.26. The largest absolute Gasteiger partial charge is 0.340 e. The molecule has 2 N–H and O–H groups in total. The first-order valence-corrected chi connectivity index (χ1v) is 8.19. The molecule has 25 heavy (non-hydrogen) atoms. The molecule has 0 spiro atoms. The number of amides is 1. The SMILES string of the molecule is Cc1nc(Nc2ccccc2)cc(C2CCN2C(=O)c2ccn[nH]2)n1. The monoisotopic (exact) mass is 334 g/mol. The topological polar surface area (TPSA) is 86.8 Å². The van der Waals surface area contributed by atoms with Crippen molar-refractivity contribution in [2.75, 3.05) is 11.9 Å². The Morgan fingerprint density at radius 2 is 2.08 bits per heavy atom. The van der Waals surface area contributed by atoms with Gasteiger partial charge in [-0.1, -0.05) is 18.2 Å². The van der Waals surface area contributed by atoms with E-state index in [2.05, 4.69) is 25.5 Å². The lowest BCUT2D eigenvalue weighted by Crippen LogP contribution is -2.45. The van der Waals surface area contributed by atoms with Gasteiger partial charge in [0.15, 0.2) is 0 Å². The fraction of sp³-hybridized carbons (Fsp3) is 0.222. The third kappa shape index (κ3) is 3.08. The Morgan fingerprint density at radius 3 is 2.76 bits per heavy atom. The smallest absolute Gasteiger partial charge is 0.272 e. The molecule has 0 saturated carbocycles. The number of aryl methyl sites for hydroxylation is 1. The molecule has 7 nitrogen and oxygen atoms in total. The van der Waals surface area contributed by atoms with Crippen LogP contribution in [0.4, 0.5) is 11.5 Å². The number of nitrogens with one attached hydrogen (secondary N) is 2. The molecule has 2 aromatic heterocycles. The van der Waals surface area contributed by atoms with Crippen LogP contribution in [-0.2, 0) is 0 Å². The Morgan fingerprint density at radius 1 is 1.24 bits per heavy atom. The number of aromatic amines is 1. The van der Waals surface area contributed by atoms with Gasteiger partial charge in [0.05, 0.1) is 11.7 Å². The Bertz CT molecular complexity index is 878. The zero-order valence-corrected chi connectivity index (χ0v) is 13.8. The second-order valence-corrected chi connectivity index (χ2v) is 5.99. The maximum absolute atomic E-state index is 12.5. The zero-order chi connectivity index (χ0) is 17.2. The van der Waals surface area contributed by atoms with Crippen molar-refractivity contribution < 1.29 is 4.79 Å². The molecule has 126 valence electrons. The lowest BCUT2D eigenvalue weighted by molar-refractivity contribution is 0.0444. The Hall–Kier alpha value is -3.22. The van der Waals surface area contributed by atoms with Crippen molar-refractivity contribution in [3.05, 3.63) is 65.9 Å². The van der Waals surface area contributed by atoms with Gasteiger partial charge in [-0.2, -0.15) is 5.10 Å². The number of para-hydroxylation sites is 1. The van der Waals surface area contributed by atoms with Crippen LogP contribution in [0.15, 0.2) is 48.7 Å². The summed E-state index contributed by atoms with van der Waals surface area (Å²) in [7, 11) is 0. The molecule has 1 amide bonds. The maximum atomic E-state index is 12.5. The number of H-pyrrole nitrogens is 1. The number of rotatable bonds is 4. The predicted octanol–water partition coefficient (Wildman–Crippen LogP) is 2.84. The predicted molar refractivity (Wildman–Crippen MR) is 93.5 cm³/mol. The highest BCUT2D eigenvalue weighted by atomic mass is 16.2. The number of carbonyl (C=O) groups is 1. The van der Waals surface area contributed by atoms with E-state index >= 15 is 0 Å². The summed E-state index contributed by atoms with van der Waals surface area (Å²) in [6.45, 7) is 2.58. The minimum Gasteiger partial charge on any atom is -0.340 e. The van der Waals surface area contributed by atoms with E-state index in [0.717, 1.165) is 23.6 Å². The van der Waals surface area contributed by atoms with Crippen LogP contribution >= 0.6 is 0 Å². The van der Waals surface area contributed by atoms with Crippen molar-refractivity contribution in [1.29, 1.82) is 0 Å². The first-order valence-electron chi connectivity index (χ1n) is 8.19. The molecule has 0 aliphatic carbocycles. The van der Waals surface area contributed by atoms with Crippen LogP contribution < -0.4 is 5.32 Å². The van der Waals surface area contributed by atoms with Crippen molar-refractivity contribution >= 4 is 17.4 Å². The summed E-state index contributed by atoms with van der Waals surface area (Å²) in [5, 5.41) is 9.87. The van der Waals surface area contributed by atoms with Crippen molar-refractivity contribution in [3.8, 4) is 0 Å². The first-order chi connectivity index (χ1) is 12.2. The Kier molecular flexibility index (Phi) is 3.89. The summed E-state index contributed by atoms with van der Waals surface area (Å²) >= 11 is 0. The summed E-state index contributed by atoms with van der Waals surface area (Å²) in [5.41, 5.74) is 2.31. The van der Waals surface area contributed by atoms with Crippen LogP contribution in [0.2, 0.25) is 0 Å². The second kappa shape index (κ2) is 6.35. The number of anilines is 2. The minimum absolute atomic E-state index is 0.0335. The summed E-state index contributed by atoms with van der Waals surface area (Å²) in [4.78, 5) is 23.3. The van der Waals surface area contributed by atoms with Crippen LogP contribution in [0.3, 0.4) is 0 Å². The van der Waals surface area contributed by atoms with Crippen LogP contribution in [-0.4, -0.2) is 37.5 Å². The molecule has 3 heterocycles. The van der Waals surface area contributed by atoms with Gasteiger partial charge in [-0.15, -0.1) is 0 Å². The Balaban J connectivity index is 1.57. The van der Waals surface area contributed by atoms with Gasteiger partial charge >= 0.3 is 0 Å². The second-order valence-electron chi connectivity index (χ2n) is 5.99. The summed E-state index contributed by atoms with van der Waals surface area (Å²) in [5.74, 6) is 1.36. The van der Waals surface area contributed by atoms with Crippen molar-refractivity contribution in [2.24, 2.45) is 0 Å². The van der Waals surface area contributed by atoms with Crippen molar-refractivity contribution in [1.82, 2.24) is 25.1 Å². The molecule has 7 heteroatoms. The lowest BCUT2D eigenvalue weighted by Gasteiger charge is -2.40. The highest BCUT2D eigenvalue weighted by Gasteiger charge is 2.35. The van der Waals surface area contributed by atoms with E-state index in [0.29, 0.717) is 18.1 Å². The van der Waals surface area contributed by atoms with Gasteiger partial charge in [-0.05, 0) is 31.5 Å². The van der Waals surface area contributed by atoms with Crippen LogP contribution in [0.5, 0.6) is 0 Å². The standard InChI is InChI=1S/C18H18N6O/c1-12-20-15(11-17(21-12)22-13-5-3-2-4-6-13)16-8-10-24(16)18(25)14-7-9-19-23-14/h2-7,9,11,16H,8,10H2,1H3,(H,19,23)(H,20,21,22). The molecule has 1 aliphatic heterocycles. The Labute approximate surface area is 145 Å². The van der Waals surface area contributed by atoms with Crippen molar-refractivity contribution in [2.45, 2.75) is 19.4 Å². The van der Waals surface area contributed by atoms with Gasteiger partial charge < -0.3 is 10.2 Å². The fourth-order valence-corrected chi connectivity index (χ4v) is 2.96. The molecule has 3 aromatic rings. The zero-order valence-electron chi connectivity index (χ0n) is 13.8. The first kappa shape index (κ1) is 15.3. The fourth-order valence-electron chi connectivity index (χ4n) is 2.96. The molecule has 0 radical (unpaired) electrons. The van der Waals surface area contributed by atoms with Gasteiger partial charge in [0.1, 0.15) is 17.3 Å². The van der Waals surface area contributed by atoms with Gasteiger partial charge in [0, 0.05) is 24.5 Å². The molecule has 1 saturated heterocycles. The van der Waals surface area contributed by atoms with E-state index in [4.69, 9.17) is 0 Å². The quantitative estimate of drug-likeness (QED) is 0.766. The number of hydrogen-bond donors (Lipinski definition) is 2. The molecule has 1 fully saturated rings. The molecule has 1 aliphatic rings. The van der Waals surface area contributed by atoms with E-state index in [1.165, 1.54) is 0 Å². The highest BCUT2D eigenvalue weighted by molar-refractivity contribution is 5.93. The molecule has 4 rings (SSSR count). The average Bonchev–Trinajstić information content (AvgIpc) is 3.08. The maximum Gasteiger partial charge on any atom is 0.272 e. The van der Waals surface area contributed by atoms with Crippen LogP contribution in [0, 0.1) is 6.92 Å². The van der Waals surface area contributed by atoms with Crippen LogP contribution in [0.1, 0.15) is 34.5 Å². The molecular formula is C18H18N6O. The number of hydrogen-bond acceptors (Lipinski definition) is 5. The third-order valence-electron chi connectivity index (χ3n) is 4.26. The molecule has 1 unspecified atom stereocenters. The molecule has 1 aromatic carbocycles. The number of carbonyl (C=O) groups excluding carboxylic acids is 1. The van der Waals surface area contributed by atoms with Crippen LogP contribution in [0.25, 0.3) is 0 Å². The number of aromatic nitrogens is 4. The summed E-state index contributed by atoms with van der Waals surface area (Å²) < 4.78 is 0. The average molecular weight is 334 g/mol. The normalized spacial score (nSPS) is 16.4. The van der Waals surface area contributed by atoms with E-state index in [-0.39, 0.29) is 11.9 Å². The van der Waals surface area contributed by atoms with E-state index in [1.54, 1.807) is 12.3 Å². The highest BCUT2D eigenvalue weighted by Crippen LogP contribution is 2.34. The summed E-state index contributed by atoms with van der Waals surface area (Å²) in [6.07, 6.45) is 2.47. The minimum atomic E-state index is -0.0532.